The van der Waals surface area contributed by atoms with Gasteiger partial charge in [0.05, 0.1) is 0 Å². The smallest absolute Gasteiger partial charge is 0.0198 e. The second kappa shape index (κ2) is 4.76. The highest BCUT2D eigenvalue weighted by Crippen LogP contribution is 2.24. The van der Waals surface area contributed by atoms with E-state index in [1.54, 1.807) is 0 Å². The molecule has 0 fully saturated rings. The molecule has 12 heavy (non-hydrogen) atoms. The fourth-order valence-electron chi connectivity index (χ4n) is 1.43. The molecule has 0 nitrogen and oxygen atoms in total. The third-order valence-corrected chi connectivity index (χ3v) is 2.27. The Morgan fingerprint density at radius 3 is 2.75 bits per heavy atom. The van der Waals surface area contributed by atoms with E-state index in [9.17, 15) is 0 Å². The van der Waals surface area contributed by atoms with Crippen molar-refractivity contribution in [2.24, 2.45) is 5.92 Å². The van der Waals surface area contributed by atoms with E-state index in [-0.39, 0.29) is 0 Å². The Bertz CT molecular complexity index is 218. The number of allylic oxidation sites excluding steroid dienone is 6. The molecule has 1 atom stereocenters. The Morgan fingerprint density at radius 1 is 1.42 bits per heavy atom. The van der Waals surface area contributed by atoms with Crippen LogP contribution in [-0.4, -0.2) is 0 Å². The SMILES string of the molecule is C=CC=CC1=CCC(C=C)CC1. The summed E-state index contributed by atoms with van der Waals surface area (Å²) in [6.45, 7) is 7.45. The summed E-state index contributed by atoms with van der Waals surface area (Å²) in [5.74, 6) is 0.700. The molecule has 1 aliphatic rings. The Balaban J connectivity index is 2.49. The summed E-state index contributed by atoms with van der Waals surface area (Å²) in [7, 11) is 0. The first-order chi connectivity index (χ1) is 5.86. The molecule has 1 unspecified atom stereocenters. The van der Waals surface area contributed by atoms with Crippen LogP contribution in [0.25, 0.3) is 0 Å². The molecule has 0 N–H and O–H groups in total. The highest BCUT2D eigenvalue weighted by atomic mass is 14.1. The highest BCUT2D eigenvalue weighted by molar-refractivity contribution is 5.23. The molecule has 0 aliphatic heterocycles. The van der Waals surface area contributed by atoms with Gasteiger partial charge in [-0.2, -0.15) is 0 Å². The van der Waals surface area contributed by atoms with Crippen molar-refractivity contribution < 1.29 is 0 Å². The molecule has 0 spiro atoms. The third-order valence-electron chi connectivity index (χ3n) is 2.27. The molecule has 0 amide bonds. The van der Waals surface area contributed by atoms with Gasteiger partial charge in [-0.15, -0.1) is 6.58 Å². The normalized spacial score (nSPS) is 23.7. The third kappa shape index (κ3) is 2.54. The Morgan fingerprint density at radius 2 is 2.25 bits per heavy atom. The van der Waals surface area contributed by atoms with Crippen molar-refractivity contribution in [1.29, 1.82) is 0 Å². The zero-order valence-corrected chi connectivity index (χ0v) is 7.50. The van der Waals surface area contributed by atoms with Crippen molar-refractivity contribution in [2.45, 2.75) is 19.3 Å². The van der Waals surface area contributed by atoms with Gasteiger partial charge in [-0.25, -0.2) is 0 Å². The Labute approximate surface area is 75.0 Å². The minimum absolute atomic E-state index is 0.700. The molecule has 0 heterocycles. The first kappa shape index (κ1) is 9.05. The van der Waals surface area contributed by atoms with Crippen LogP contribution in [0.3, 0.4) is 0 Å². The first-order valence-electron chi connectivity index (χ1n) is 4.47. The van der Waals surface area contributed by atoms with Gasteiger partial charge >= 0.3 is 0 Å². The zero-order valence-electron chi connectivity index (χ0n) is 7.50. The van der Waals surface area contributed by atoms with Crippen LogP contribution in [0.4, 0.5) is 0 Å². The molecule has 0 bridgehead atoms. The number of hydrogen-bond acceptors (Lipinski definition) is 0. The lowest BCUT2D eigenvalue weighted by molar-refractivity contribution is 0.574. The average Bonchev–Trinajstić information content (AvgIpc) is 2.15. The van der Waals surface area contributed by atoms with Crippen molar-refractivity contribution >= 4 is 0 Å². The van der Waals surface area contributed by atoms with Crippen molar-refractivity contribution in [1.82, 2.24) is 0 Å². The van der Waals surface area contributed by atoms with Gasteiger partial charge in [-0.1, -0.05) is 42.5 Å². The van der Waals surface area contributed by atoms with Gasteiger partial charge in [0.15, 0.2) is 0 Å². The summed E-state index contributed by atoms with van der Waals surface area (Å²) in [5.41, 5.74) is 1.44. The second-order valence-corrected chi connectivity index (χ2v) is 3.14. The minimum atomic E-state index is 0.700. The van der Waals surface area contributed by atoms with Crippen LogP contribution in [0, 0.1) is 5.92 Å². The molecule has 0 radical (unpaired) electrons. The van der Waals surface area contributed by atoms with E-state index in [4.69, 9.17) is 0 Å². The topological polar surface area (TPSA) is 0 Å². The van der Waals surface area contributed by atoms with E-state index in [2.05, 4.69) is 31.4 Å². The predicted octanol–water partition coefficient (Wildman–Crippen LogP) is 3.64. The van der Waals surface area contributed by atoms with Gasteiger partial charge in [0.2, 0.25) is 0 Å². The highest BCUT2D eigenvalue weighted by Gasteiger charge is 2.08. The lowest BCUT2D eigenvalue weighted by atomic mass is 9.90. The molecule has 0 heteroatoms. The number of rotatable bonds is 3. The molecular formula is C12H16. The fraction of sp³-hybridized carbons (Fsp3) is 0.333. The lowest BCUT2D eigenvalue weighted by Gasteiger charge is -2.16. The predicted molar refractivity (Wildman–Crippen MR) is 55.0 cm³/mol. The first-order valence-corrected chi connectivity index (χ1v) is 4.47. The summed E-state index contributed by atoms with van der Waals surface area (Å²) in [5, 5.41) is 0. The van der Waals surface area contributed by atoms with Crippen LogP contribution < -0.4 is 0 Å². The van der Waals surface area contributed by atoms with Crippen LogP contribution in [-0.2, 0) is 0 Å². The maximum atomic E-state index is 3.81. The van der Waals surface area contributed by atoms with E-state index >= 15 is 0 Å². The Hall–Kier alpha value is -1.04. The van der Waals surface area contributed by atoms with E-state index < -0.39 is 0 Å². The van der Waals surface area contributed by atoms with Crippen LogP contribution in [0.2, 0.25) is 0 Å². The molecule has 0 aromatic rings. The van der Waals surface area contributed by atoms with E-state index in [1.807, 2.05) is 12.2 Å². The van der Waals surface area contributed by atoms with Gasteiger partial charge in [0.1, 0.15) is 0 Å². The standard InChI is InChI=1S/C12H16/c1-3-5-6-12-9-7-11(4-2)8-10-12/h3-6,9,11H,1-2,7-8,10H2. The molecule has 0 saturated carbocycles. The maximum absolute atomic E-state index is 3.81. The molecule has 0 aromatic heterocycles. The molecule has 64 valence electrons. The fourth-order valence-corrected chi connectivity index (χ4v) is 1.43. The van der Waals surface area contributed by atoms with Gasteiger partial charge in [0.25, 0.3) is 0 Å². The summed E-state index contributed by atoms with van der Waals surface area (Å²) in [4.78, 5) is 0. The van der Waals surface area contributed by atoms with E-state index in [0.29, 0.717) is 5.92 Å². The van der Waals surface area contributed by atoms with Gasteiger partial charge in [-0.3, -0.25) is 0 Å². The molecule has 1 aliphatic carbocycles. The lowest BCUT2D eigenvalue weighted by Crippen LogP contribution is -2.00. The molecule has 0 aromatic carbocycles. The van der Waals surface area contributed by atoms with E-state index in [1.165, 1.54) is 18.4 Å². The van der Waals surface area contributed by atoms with Gasteiger partial charge < -0.3 is 0 Å². The van der Waals surface area contributed by atoms with E-state index in [0.717, 1.165) is 6.42 Å². The monoisotopic (exact) mass is 160 g/mol. The summed E-state index contributed by atoms with van der Waals surface area (Å²) < 4.78 is 0. The molecular weight excluding hydrogens is 144 g/mol. The van der Waals surface area contributed by atoms with Gasteiger partial charge in [-0.05, 0) is 25.2 Å². The molecule has 0 saturated heterocycles. The van der Waals surface area contributed by atoms with Crippen LogP contribution >= 0.6 is 0 Å². The van der Waals surface area contributed by atoms with Crippen molar-refractivity contribution in [3.8, 4) is 0 Å². The molecule has 1 rings (SSSR count). The average molecular weight is 160 g/mol. The summed E-state index contributed by atoms with van der Waals surface area (Å²) >= 11 is 0. The van der Waals surface area contributed by atoms with Crippen molar-refractivity contribution in [3.05, 3.63) is 49.1 Å². The summed E-state index contributed by atoms with van der Waals surface area (Å²) in [6.07, 6.45) is 13.9. The maximum Gasteiger partial charge on any atom is -0.0198 e. The zero-order chi connectivity index (χ0) is 8.81. The quantitative estimate of drug-likeness (QED) is 0.437. The van der Waals surface area contributed by atoms with Crippen LogP contribution in [0.5, 0.6) is 0 Å². The van der Waals surface area contributed by atoms with Crippen molar-refractivity contribution in [2.75, 3.05) is 0 Å². The van der Waals surface area contributed by atoms with Gasteiger partial charge in [0, 0.05) is 0 Å². The van der Waals surface area contributed by atoms with Crippen molar-refractivity contribution in [3.63, 3.8) is 0 Å². The largest absolute Gasteiger partial charge is 0.103 e. The minimum Gasteiger partial charge on any atom is -0.103 e. The second-order valence-electron chi connectivity index (χ2n) is 3.14. The van der Waals surface area contributed by atoms with Crippen LogP contribution in [0.1, 0.15) is 19.3 Å². The summed E-state index contributed by atoms with van der Waals surface area (Å²) in [6, 6.07) is 0. The Kier molecular flexibility index (Phi) is 3.59. The number of hydrogen-bond donors (Lipinski definition) is 0. The van der Waals surface area contributed by atoms with Crippen LogP contribution in [0.15, 0.2) is 49.1 Å².